The molecular formula is C32H37NO6. The number of esters is 1. The molecule has 3 aromatic rings. The molecule has 0 spiro atoms. The van der Waals surface area contributed by atoms with Gasteiger partial charge in [0.25, 0.3) is 5.91 Å². The summed E-state index contributed by atoms with van der Waals surface area (Å²) in [5.74, 6) is 0.790. The van der Waals surface area contributed by atoms with Gasteiger partial charge in [0.05, 0.1) is 25.3 Å². The predicted molar refractivity (Wildman–Crippen MR) is 151 cm³/mol. The van der Waals surface area contributed by atoms with Crippen molar-refractivity contribution < 1.29 is 28.6 Å². The summed E-state index contributed by atoms with van der Waals surface area (Å²) in [4.78, 5) is 37.4. The minimum Gasteiger partial charge on any atom is -0.497 e. The number of benzene rings is 3. The van der Waals surface area contributed by atoms with Gasteiger partial charge in [-0.15, -0.1) is 0 Å². The Morgan fingerprint density at radius 2 is 1.33 bits per heavy atom. The van der Waals surface area contributed by atoms with Crippen molar-refractivity contribution in [3.8, 4) is 17.2 Å². The normalized spacial score (nSPS) is 11.4. The van der Waals surface area contributed by atoms with E-state index in [0.29, 0.717) is 35.7 Å². The number of carbonyl (C=O) groups excluding carboxylic acids is 3. The first-order valence-corrected chi connectivity index (χ1v) is 13.4. The van der Waals surface area contributed by atoms with E-state index in [9.17, 15) is 14.4 Å². The van der Waals surface area contributed by atoms with Crippen LogP contribution in [0.5, 0.6) is 17.2 Å². The third kappa shape index (κ3) is 9.60. The molecule has 3 rings (SSSR count). The van der Waals surface area contributed by atoms with Crippen LogP contribution in [-0.4, -0.2) is 37.4 Å². The maximum Gasteiger partial charge on any atom is 0.343 e. The molecule has 7 nitrogen and oxygen atoms in total. The minimum absolute atomic E-state index is 0.156. The summed E-state index contributed by atoms with van der Waals surface area (Å²) in [5.41, 5.74) is 1.68. The third-order valence-corrected chi connectivity index (χ3v) is 6.33. The van der Waals surface area contributed by atoms with Gasteiger partial charge in [-0.25, -0.2) is 4.79 Å². The van der Waals surface area contributed by atoms with E-state index < -0.39 is 12.0 Å². The van der Waals surface area contributed by atoms with E-state index in [1.807, 2.05) is 0 Å². The Kier molecular flexibility index (Phi) is 11.6. The summed E-state index contributed by atoms with van der Waals surface area (Å²) in [7, 11) is 1.55. The van der Waals surface area contributed by atoms with Gasteiger partial charge in [-0.3, -0.25) is 9.59 Å². The number of Topliss-reactive ketones (excluding diaryl/α,β-unsaturated/α-hetero) is 1. The largest absolute Gasteiger partial charge is 0.497 e. The monoisotopic (exact) mass is 531 g/mol. The lowest BCUT2D eigenvalue weighted by Crippen LogP contribution is -2.41. The number of hydrogen-bond acceptors (Lipinski definition) is 6. The lowest BCUT2D eigenvalue weighted by Gasteiger charge is -2.16. The molecular weight excluding hydrogens is 494 g/mol. The van der Waals surface area contributed by atoms with E-state index in [0.717, 1.165) is 24.2 Å². The first kappa shape index (κ1) is 29.4. The molecule has 1 N–H and O–H groups in total. The molecule has 0 saturated heterocycles. The van der Waals surface area contributed by atoms with Crippen molar-refractivity contribution in [2.45, 2.75) is 58.4 Å². The quantitative estimate of drug-likeness (QED) is 0.143. The molecule has 1 amide bonds. The molecule has 0 bridgehead atoms. The van der Waals surface area contributed by atoms with Crippen molar-refractivity contribution in [3.05, 3.63) is 89.5 Å². The number of methoxy groups -OCH3 is 1. The first-order chi connectivity index (χ1) is 18.9. The van der Waals surface area contributed by atoms with Crippen LogP contribution < -0.4 is 19.5 Å². The average molecular weight is 532 g/mol. The lowest BCUT2D eigenvalue weighted by molar-refractivity contribution is -0.118. The van der Waals surface area contributed by atoms with E-state index in [2.05, 4.69) is 12.2 Å². The van der Waals surface area contributed by atoms with E-state index in [1.54, 1.807) is 79.9 Å². The Labute approximate surface area is 230 Å². The second-order valence-corrected chi connectivity index (χ2v) is 9.39. The van der Waals surface area contributed by atoms with Crippen molar-refractivity contribution in [1.82, 2.24) is 5.32 Å². The van der Waals surface area contributed by atoms with E-state index in [4.69, 9.17) is 14.2 Å². The molecule has 0 aliphatic rings. The molecule has 0 radical (unpaired) electrons. The molecule has 7 heteroatoms. The highest BCUT2D eigenvalue weighted by molar-refractivity contribution is 5.97. The van der Waals surface area contributed by atoms with Crippen LogP contribution in [0.1, 0.15) is 72.2 Å². The van der Waals surface area contributed by atoms with Crippen LogP contribution in [0, 0.1) is 0 Å². The average Bonchev–Trinajstić information content (AvgIpc) is 2.95. The van der Waals surface area contributed by atoms with Crippen LogP contribution in [0.4, 0.5) is 0 Å². The Bertz CT molecular complexity index is 1200. The highest BCUT2D eigenvalue weighted by Crippen LogP contribution is 2.18. The molecule has 0 aliphatic heterocycles. The zero-order valence-electron chi connectivity index (χ0n) is 22.9. The summed E-state index contributed by atoms with van der Waals surface area (Å²) >= 11 is 0. The summed E-state index contributed by atoms with van der Waals surface area (Å²) in [6.45, 7) is 4.30. The van der Waals surface area contributed by atoms with E-state index in [-0.39, 0.29) is 11.7 Å². The second-order valence-electron chi connectivity index (χ2n) is 9.39. The van der Waals surface area contributed by atoms with Crippen molar-refractivity contribution >= 4 is 17.7 Å². The first-order valence-electron chi connectivity index (χ1n) is 13.4. The van der Waals surface area contributed by atoms with Crippen LogP contribution in [0.25, 0.3) is 0 Å². The molecule has 0 fully saturated rings. The third-order valence-electron chi connectivity index (χ3n) is 6.33. The Morgan fingerprint density at radius 1 is 0.744 bits per heavy atom. The molecule has 3 aromatic carbocycles. The zero-order valence-corrected chi connectivity index (χ0v) is 22.9. The smallest absolute Gasteiger partial charge is 0.343 e. The number of amides is 1. The Morgan fingerprint density at radius 3 is 1.95 bits per heavy atom. The SMILES string of the molecule is CCCCCCCOc1ccc(C(=O)Oc2ccc(C[C@H](NC(=O)c3ccc(OC)cc3)C(C)=O)cc2)cc1. The fraction of sp³-hybridized carbons (Fsp3) is 0.344. The van der Waals surface area contributed by atoms with Crippen LogP contribution in [0.3, 0.4) is 0 Å². The van der Waals surface area contributed by atoms with Gasteiger partial charge < -0.3 is 19.5 Å². The zero-order chi connectivity index (χ0) is 28.0. The van der Waals surface area contributed by atoms with Crippen LogP contribution >= 0.6 is 0 Å². The van der Waals surface area contributed by atoms with Crippen molar-refractivity contribution in [1.29, 1.82) is 0 Å². The molecule has 1 atom stereocenters. The fourth-order valence-corrected chi connectivity index (χ4v) is 3.96. The summed E-state index contributed by atoms with van der Waals surface area (Å²) < 4.78 is 16.4. The molecule has 206 valence electrons. The van der Waals surface area contributed by atoms with Gasteiger partial charge in [0.15, 0.2) is 5.78 Å². The van der Waals surface area contributed by atoms with Gasteiger partial charge in [0, 0.05) is 5.56 Å². The van der Waals surface area contributed by atoms with Gasteiger partial charge >= 0.3 is 5.97 Å². The number of hydrogen-bond donors (Lipinski definition) is 1. The molecule has 0 saturated carbocycles. The summed E-state index contributed by atoms with van der Waals surface area (Å²) in [6, 6.07) is 19.8. The standard InChI is InChI=1S/C32H37NO6/c1-4-5-6-7-8-21-38-28-19-13-26(14-20-28)32(36)39-29-15-9-24(10-16-29)22-30(23(2)34)33-31(35)25-11-17-27(37-3)18-12-25/h9-20,30H,4-8,21-22H2,1-3H3,(H,33,35)/t30-/m0/s1. The highest BCUT2D eigenvalue weighted by atomic mass is 16.5. The van der Waals surface area contributed by atoms with Crippen molar-refractivity contribution in [3.63, 3.8) is 0 Å². The molecule has 0 aliphatic carbocycles. The number of unbranched alkanes of at least 4 members (excludes halogenated alkanes) is 4. The van der Waals surface area contributed by atoms with Gasteiger partial charge in [-0.1, -0.05) is 44.7 Å². The number of ketones is 1. The molecule has 0 aromatic heterocycles. The topological polar surface area (TPSA) is 90.9 Å². The van der Waals surface area contributed by atoms with Gasteiger partial charge in [0.1, 0.15) is 17.2 Å². The van der Waals surface area contributed by atoms with Crippen molar-refractivity contribution in [2.75, 3.05) is 13.7 Å². The highest BCUT2D eigenvalue weighted by Gasteiger charge is 2.19. The predicted octanol–water partition coefficient (Wildman–Crippen LogP) is 6.19. The fourth-order valence-electron chi connectivity index (χ4n) is 3.96. The number of nitrogens with one attached hydrogen (secondary N) is 1. The van der Waals surface area contributed by atoms with Crippen LogP contribution in [-0.2, 0) is 11.2 Å². The Hall–Kier alpha value is -4.13. The van der Waals surface area contributed by atoms with E-state index in [1.165, 1.54) is 26.2 Å². The van der Waals surface area contributed by atoms with E-state index >= 15 is 0 Å². The summed E-state index contributed by atoms with van der Waals surface area (Å²) in [6.07, 6.45) is 6.18. The maximum absolute atomic E-state index is 12.6. The van der Waals surface area contributed by atoms with Gasteiger partial charge in [-0.05, 0) is 86.0 Å². The minimum atomic E-state index is -0.690. The van der Waals surface area contributed by atoms with Gasteiger partial charge in [-0.2, -0.15) is 0 Å². The van der Waals surface area contributed by atoms with Gasteiger partial charge in [0.2, 0.25) is 0 Å². The molecule has 0 unspecified atom stereocenters. The second kappa shape index (κ2) is 15.3. The molecule has 39 heavy (non-hydrogen) atoms. The number of rotatable bonds is 15. The summed E-state index contributed by atoms with van der Waals surface area (Å²) in [5, 5.41) is 2.79. The number of ether oxygens (including phenoxy) is 3. The maximum atomic E-state index is 12.6. The van der Waals surface area contributed by atoms with Crippen LogP contribution in [0.2, 0.25) is 0 Å². The van der Waals surface area contributed by atoms with Crippen molar-refractivity contribution in [2.24, 2.45) is 0 Å². The molecule has 0 heterocycles. The Balaban J connectivity index is 1.50. The number of carbonyl (C=O) groups is 3. The lowest BCUT2D eigenvalue weighted by atomic mass is 10.0. The van der Waals surface area contributed by atoms with Crippen LogP contribution in [0.15, 0.2) is 72.8 Å².